The maximum atomic E-state index is 13.1. The summed E-state index contributed by atoms with van der Waals surface area (Å²) in [5.74, 6) is -0.250. The van der Waals surface area contributed by atoms with Gasteiger partial charge in [0.05, 0.1) is 32.0 Å². The first-order valence-corrected chi connectivity index (χ1v) is 28.6. The molecule has 0 aromatic rings. The van der Waals surface area contributed by atoms with Crippen LogP contribution in [0, 0.1) is 0 Å². The van der Waals surface area contributed by atoms with E-state index in [1.165, 1.54) is 141 Å². The second kappa shape index (κ2) is 42.8. The fraction of sp³-hybridized carbons (Fsp3) is 0.911. The first-order valence-electron chi connectivity index (χ1n) is 28.6. The predicted octanol–water partition coefficient (Wildman–Crippen LogP) is 8.89. The Morgan fingerprint density at radius 3 is 1.41 bits per heavy atom. The monoisotopic (exact) mass is 1000 g/mol. The van der Waals surface area contributed by atoms with Crippen LogP contribution in [0.5, 0.6) is 0 Å². The van der Waals surface area contributed by atoms with Gasteiger partial charge >= 0.3 is 0 Å². The second-order valence-electron chi connectivity index (χ2n) is 20.4. The Morgan fingerprint density at radius 1 is 0.500 bits per heavy atom. The quantitative estimate of drug-likeness (QED) is 0.0205. The minimum Gasteiger partial charge on any atom is -0.394 e. The van der Waals surface area contributed by atoms with Crippen molar-refractivity contribution in [2.75, 3.05) is 19.8 Å². The van der Waals surface area contributed by atoms with Crippen molar-refractivity contribution < 1.29 is 64.6 Å². The third-order valence-corrected chi connectivity index (χ3v) is 14.1. The fourth-order valence-corrected chi connectivity index (χ4v) is 9.47. The van der Waals surface area contributed by atoms with Gasteiger partial charge in [0.2, 0.25) is 5.91 Å². The van der Waals surface area contributed by atoms with Crippen molar-refractivity contribution in [1.29, 1.82) is 0 Å². The van der Waals surface area contributed by atoms with Crippen molar-refractivity contribution in [2.24, 2.45) is 0 Å². The van der Waals surface area contributed by atoms with E-state index in [1.54, 1.807) is 6.08 Å². The van der Waals surface area contributed by atoms with Crippen LogP contribution >= 0.6 is 0 Å². The molecule has 0 aliphatic carbocycles. The van der Waals surface area contributed by atoms with Crippen LogP contribution in [0.15, 0.2) is 24.3 Å². The molecular weight excluding hydrogens is 895 g/mol. The predicted molar refractivity (Wildman–Crippen MR) is 277 cm³/mol. The zero-order chi connectivity index (χ0) is 51.0. The highest BCUT2D eigenvalue weighted by Crippen LogP contribution is 2.30. The number of allylic oxidation sites excluding steroid dienone is 3. The van der Waals surface area contributed by atoms with E-state index in [0.717, 1.165) is 64.2 Å². The molecule has 12 atom stereocenters. The Labute approximate surface area is 424 Å². The number of nitrogens with one attached hydrogen (secondary N) is 1. The van der Waals surface area contributed by atoms with Gasteiger partial charge in [-0.2, -0.15) is 0 Å². The summed E-state index contributed by atoms with van der Waals surface area (Å²) in [5.41, 5.74) is 0. The van der Waals surface area contributed by atoms with Crippen molar-refractivity contribution >= 4 is 5.91 Å². The standard InChI is InChI=1S/C56H105NO13/c1-3-5-7-9-11-13-15-16-17-18-19-20-21-22-23-24-25-26-27-28-29-30-31-33-35-37-39-45(60)44(57-48(61)40-38-36-34-32-14-12-10-8-6-4-2)43-67-55-53(66)51(64)54(47(42-59)69-55)70-56-52(65)50(63)49(62)46(41-58)68-56/h8,10,37,39,44-47,49-56,58-60,62-66H,3-7,9,11-36,38,40-43H2,1-2H3,(H,57,61)/b10-8-,39-37+. The zero-order valence-electron chi connectivity index (χ0n) is 44.0. The number of carbonyl (C=O) groups is 1. The maximum absolute atomic E-state index is 13.1. The summed E-state index contributed by atoms with van der Waals surface area (Å²) in [6.45, 7) is 2.73. The van der Waals surface area contributed by atoms with Crippen molar-refractivity contribution in [3.63, 3.8) is 0 Å². The smallest absolute Gasteiger partial charge is 0.220 e. The number of ether oxygens (including phenoxy) is 4. The van der Waals surface area contributed by atoms with Gasteiger partial charge in [0.25, 0.3) is 0 Å². The molecule has 0 spiro atoms. The molecular formula is C56H105NO13. The van der Waals surface area contributed by atoms with Gasteiger partial charge in [-0.15, -0.1) is 0 Å². The van der Waals surface area contributed by atoms with Gasteiger partial charge in [0, 0.05) is 6.42 Å². The average Bonchev–Trinajstić information content (AvgIpc) is 3.36. The Hall–Kier alpha value is -1.53. The highest BCUT2D eigenvalue weighted by Gasteiger charge is 2.51. The van der Waals surface area contributed by atoms with Gasteiger partial charge in [-0.05, 0) is 38.5 Å². The maximum Gasteiger partial charge on any atom is 0.220 e. The SMILES string of the molecule is CCC/C=C\CCCCCCCC(=O)NC(COC1OC(CO)C(OC2OC(CO)C(O)C(O)C2O)C(O)C1O)C(O)/C=C/CCCCCCCCCCCCCCCCCCCCCCCCCC. The van der Waals surface area contributed by atoms with Gasteiger partial charge < -0.3 is 65.1 Å². The Morgan fingerprint density at radius 2 is 0.929 bits per heavy atom. The highest BCUT2D eigenvalue weighted by atomic mass is 16.7. The molecule has 0 saturated carbocycles. The number of aliphatic hydroxyl groups is 8. The molecule has 0 bridgehead atoms. The van der Waals surface area contributed by atoms with Gasteiger partial charge in [-0.1, -0.05) is 212 Å². The molecule has 2 saturated heterocycles. The molecule has 70 heavy (non-hydrogen) atoms. The third kappa shape index (κ3) is 28.8. The summed E-state index contributed by atoms with van der Waals surface area (Å²) in [7, 11) is 0. The van der Waals surface area contributed by atoms with Crippen LogP contribution in [-0.2, 0) is 23.7 Å². The van der Waals surface area contributed by atoms with Gasteiger partial charge in [-0.3, -0.25) is 4.79 Å². The lowest BCUT2D eigenvalue weighted by Crippen LogP contribution is -2.65. The van der Waals surface area contributed by atoms with Crippen LogP contribution in [0.25, 0.3) is 0 Å². The van der Waals surface area contributed by atoms with E-state index in [4.69, 9.17) is 18.9 Å². The van der Waals surface area contributed by atoms with Crippen molar-refractivity contribution in [2.45, 2.75) is 306 Å². The lowest BCUT2D eigenvalue weighted by atomic mass is 9.97. The Kier molecular flexibility index (Phi) is 39.5. The first-order chi connectivity index (χ1) is 34.1. The summed E-state index contributed by atoms with van der Waals surface area (Å²) < 4.78 is 22.7. The topological polar surface area (TPSA) is 228 Å². The average molecular weight is 1000 g/mol. The molecule has 412 valence electrons. The first kappa shape index (κ1) is 64.6. The van der Waals surface area contributed by atoms with Crippen LogP contribution in [-0.4, -0.2) is 140 Å². The number of aliphatic hydroxyl groups excluding tert-OH is 8. The van der Waals surface area contributed by atoms with Crippen LogP contribution in [0.1, 0.15) is 232 Å². The highest BCUT2D eigenvalue weighted by molar-refractivity contribution is 5.76. The number of carbonyl (C=O) groups excluding carboxylic acids is 1. The van der Waals surface area contributed by atoms with E-state index < -0.39 is 86.8 Å². The van der Waals surface area contributed by atoms with Gasteiger partial charge in [0.15, 0.2) is 12.6 Å². The minimum atomic E-state index is -1.79. The zero-order valence-corrected chi connectivity index (χ0v) is 44.0. The summed E-state index contributed by atoms with van der Waals surface area (Å²) in [6, 6.07) is -0.915. The van der Waals surface area contributed by atoms with E-state index in [2.05, 4.69) is 31.3 Å². The normalized spacial score (nSPS) is 26.1. The molecule has 2 aliphatic heterocycles. The fourth-order valence-electron chi connectivity index (χ4n) is 9.47. The Balaban J connectivity index is 1.72. The summed E-state index contributed by atoms with van der Waals surface area (Å²) in [4.78, 5) is 13.1. The molecule has 2 aliphatic rings. The second-order valence-corrected chi connectivity index (χ2v) is 20.4. The van der Waals surface area contributed by atoms with E-state index in [-0.39, 0.29) is 18.9 Å². The summed E-state index contributed by atoms with van der Waals surface area (Å²) in [5, 5.41) is 86.8. The van der Waals surface area contributed by atoms with Crippen LogP contribution in [0.3, 0.4) is 0 Å². The van der Waals surface area contributed by atoms with Crippen molar-refractivity contribution in [1.82, 2.24) is 5.32 Å². The molecule has 2 rings (SSSR count). The molecule has 1 amide bonds. The molecule has 0 aromatic carbocycles. The third-order valence-electron chi connectivity index (χ3n) is 14.1. The molecule has 14 nitrogen and oxygen atoms in total. The minimum absolute atomic E-state index is 0.250. The molecule has 2 heterocycles. The van der Waals surface area contributed by atoms with Crippen LogP contribution in [0.4, 0.5) is 0 Å². The molecule has 2 fully saturated rings. The van der Waals surface area contributed by atoms with E-state index in [9.17, 15) is 45.6 Å². The molecule has 0 radical (unpaired) electrons. The lowest BCUT2D eigenvalue weighted by Gasteiger charge is -2.46. The molecule has 0 aromatic heterocycles. The lowest BCUT2D eigenvalue weighted by molar-refractivity contribution is -0.359. The number of unbranched alkanes of at least 4 members (excludes halogenated alkanes) is 30. The van der Waals surface area contributed by atoms with Crippen LogP contribution < -0.4 is 5.32 Å². The molecule has 14 heteroatoms. The van der Waals surface area contributed by atoms with Gasteiger partial charge in [0.1, 0.15) is 48.8 Å². The largest absolute Gasteiger partial charge is 0.394 e. The number of hydrogen-bond donors (Lipinski definition) is 9. The molecule has 9 N–H and O–H groups in total. The summed E-state index contributed by atoms with van der Waals surface area (Å²) in [6.07, 6.45) is 32.4. The van der Waals surface area contributed by atoms with Crippen LogP contribution in [0.2, 0.25) is 0 Å². The number of amides is 1. The van der Waals surface area contributed by atoms with E-state index >= 15 is 0 Å². The van der Waals surface area contributed by atoms with Gasteiger partial charge in [-0.25, -0.2) is 0 Å². The summed E-state index contributed by atoms with van der Waals surface area (Å²) >= 11 is 0. The Bertz CT molecular complexity index is 1270. The number of rotatable bonds is 45. The van der Waals surface area contributed by atoms with Crippen molar-refractivity contribution in [3.8, 4) is 0 Å². The number of hydrogen-bond acceptors (Lipinski definition) is 13. The molecule has 12 unspecified atom stereocenters. The van der Waals surface area contributed by atoms with E-state index in [0.29, 0.717) is 6.42 Å². The van der Waals surface area contributed by atoms with E-state index in [1.807, 2.05) is 6.08 Å². The van der Waals surface area contributed by atoms with Crippen molar-refractivity contribution in [3.05, 3.63) is 24.3 Å².